The molecule has 0 saturated carbocycles. The third kappa shape index (κ3) is 3.15. The van der Waals surface area contributed by atoms with Crippen LogP contribution in [0, 0.1) is 0 Å². The van der Waals surface area contributed by atoms with Gasteiger partial charge in [0, 0.05) is 16.6 Å². The fraction of sp³-hybridized carbons (Fsp3) is 0.286. The Morgan fingerprint density at radius 2 is 1.84 bits per heavy atom. The molecule has 0 bridgehead atoms. The van der Waals surface area contributed by atoms with E-state index >= 15 is 0 Å². The standard InChI is InChI=1S/C14H15Br2N3/c1-3-11-12(16)14(17-4-2)19-13(18-11)9-7-5-6-8-10(9)15/h5-8H,3-4H2,1-2H3,(H,17,18,19). The molecule has 3 nitrogen and oxygen atoms in total. The molecule has 1 aromatic heterocycles. The zero-order chi connectivity index (χ0) is 13.8. The molecule has 19 heavy (non-hydrogen) atoms. The normalized spacial score (nSPS) is 10.5. The highest BCUT2D eigenvalue weighted by Gasteiger charge is 2.13. The minimum atomic E-state index is 0.739. The first-order chi connectivity index (χ1) is 9.17. The average Bonchev–Trinajstić information content (AvgIpc) is 2.42. The van der Waals surface area contributed by atoms with Gasteiger partial charge in [-0.25, -0.2) is 9.97 Å². The van der Waals surface area contributed by atoms with Gasteiger partial charge in [0.1, 0.15) is 5.82 Å². The van der Waals surface area contributed by atoms with E-state index in [0.29, 0.717) is 0 Å². The van der Waals surface area contributed by atoms with Gasteiger partial charge in [0.25, 0.3) is 0 Å². The first-order valence-electron chi connectivity index (χ1n) is 6.22. The molecule has 0 fully saturated rings. The number of hydrogen-bond acceptors (Lipinski definition) is 3. The molecule has 1 heterocycles. The van der Waals surface area contributed by atoms with Crippen LogP contribution in [0.2, 0.25) is 0 Å². The third-order valence-electron chi connectivity index (χ3n) is 2.71. The molecule has 0 atom stereocenters. The lowest BCUT2D eigenvalue weighted by atomic mass is 10.2. The highest BCUT2D eigenvalue weighted by atomic mass is 79.9. The van der Waals surface area contributed by atoms with Crippen LogP contribution < -0.4 is 5.32 Å². The van der Waals surface area contributed by atoms with E-state index in [2.05, 4.69) is 61.0 Å². The summed E-state index contributed by atoms with van der Waals surface area (Å²) in [5.74, 6) is 1.59. The molecule has 0 spiro atoms. The molecule has 0 radical (unpaired) electrons. The molecule has 0 aliphatic rings. The molecular formula is C14H15Br2N3. The number of aryl methyl sites for hydroxylation is 1. The SMILES string of the molecule is CCNc1nc(-c2ccccc2Br)nc(CC)c1Br. The Balaban J connectivity index is 2.58. The van der Waals surface area contributed by atoms with Crippen molar-refractivity contribution in [3.05, 3.63) is 38.9 Å². The number of anilines is 1. The summed E-state index contributed by atoms with van der Waals surface area (Å²) >= 11 is 7.12. The third-order valence-corrected chi connectivity index (χ3v) is 4.24. The van der Waals surface area contributed by atoms with Crippen molar-refractivity contribution in [1.29, 1.82) is 0 Å². The summed E-state index contributed by atoms with van der Waals surface area (Å²) in [6.45, 7) is 4.97. The predicted octanol–water partition coefficient (Wildman–Crippen LogP) is 4.66. The van der Waals surface area contributed by atoms with Gasteiger partial charge in [-0.2, -0.15) is 0 Å². The summed E-state index contributed by atoms with van der Waals surface area (Å²) in [5.41, 5.74) is 2.01. The summed E-state index contributed by atoms with van der Waals surface area (Å²) in [6, 6.07) is 7.99. The van der Waals surface area contributed by atoms with Crippen molar-refractivity contribution in [2.45, 2.75) is 20.3 Å². The Hall–Kier alpha value is -0.940. The van der Waals surface area contributed by atoms with Gasteiger partial charge in [-0.1, -0.05) is 41.1 Å². The van der Waals surface area contributed by atoms with E-state index in [0.717, 1.165) is 44.8 Å². The summed E-state index contributed by atoms with van der Waals surface area (Å²) in [6.07, 6.45) is 0.860. The van der Waals surface area contributed by atoms with E-state index in [-0.39, 0.29) is 0 Å². The Bertz CT molecular complexity index is 585. The molecule has 5 heteroatoms. The molecule has 1 aromatic carbocycles. The summed E-state index contributed by atoms with van der Waals surface area (Å²) in [7, 11) is 0. The molecule has 1 N–H and O–H groups in total. The van der Waals surface area contributed by atoms with E-state index in [1.807, 2.05) is 24.3 Å². The Kier molecular flexibility index (Phi) is 4.93. The van der Waals surface area contributed by atoms with Gasteiger partial charge >= 0.3 is 0 Å². The van der Waals surface area contributed by atoms with Gasteiger partial charge in [-0.15, -0.1) is 0 Å². The molecule has 0 aliphatic carbocycles. The van der Waals surface area contributed by atoms with Gasteiger partial charge in [0.05, 0.1) is 10.2 Å². The monoisotopic (exact) mass is 383 g/mol. The summed E-state index contributed by atoms with van der Waals surface area (Å²) < 4.78 is 1.95. The van der Waals surface area contributed by atoms with Crippen LogP contribution in [0.4, 0.5) is 5.82 Å². The first-order valence-corrected chi connectivity index (χ1v) is 7.81. The van der Waals surface area contributed by atoms with Crippen LogP contribution in [0.3, 0.4) is 0 Å². The molecule has 0 unspecified atom stereocenters. The number of nitrogens with one attached hydrogen (secondary N) is 1. The highest BCUT2D eigenvalue weighted by molar-refractivity contribution is 9.11. The zero-order valence-electron chi connectivity index (χ0n) is 10.9. The van der Waals surface area contributed by atoms with Gasteiger partial charge in [0.2, 0.25) is 0 Å². The lowest BCUT2D eigenvalue weighted by Crippen LogP contribution is -2.06. The van der Waals surface area contributed by atoms with Crippen LogP contribution in [0.1, 0.15) is 19.5 Å². The smallest absolute Gasteiger partial charge is 0.162 e. The van der Waals surface area contributed by atoms with Crippen molar-refractivity contribution < 1.29 is 0 Å². The molecular weight excluding hydrogens is 370 g/mol. The molecule has 2 rings (SSSR count). The summed E-state index contributed by atoms with van der Waals surface area (Å²) in [4.78, 5) is 9.24. The molecule has 0 saturated heterocycles. The Morgan fingerprint density at radius 3 is 2.47 bits per heavy atom. The first kappa shape index (κ1) is 14.5. The molecule has 100 valence electrons. The predicted molar refractivity (Wildman–Crippen MR) is 86.4 cm³/mol. The maximum absolute atomic E-state index is 4.64. The van der Waals surface area contributed by atoms with E-state index in [4.69, 9.17) is 0 Å². The number of aromatic nitrogens is 2. The van der Waals surface area contributed by atoms with E-state index < -0.39 is 0 Å². The van der Waals surface area contributed by atoms with Crippen molar-refractivity contribution in [1.82, 2.24) is 9.97 Å². The van der Waals surface area contributed by atoms with Gasteiger partial charge in [-0.3, -0.25) is 0 Å². The minimum absolute atomic E-state index is 0.739. The second-order valence-corrected chi connectivity index (χ2v) is 5.67. The van der Waals surface area contributed by atoms with Crippen molar-refractivity contribution in [2.24, 2.45) is 0 Å². The van der Waals surface area contributed by atoms with Gasteiger partial charge < -0.3 is 5.32 Å². The molecule has 0 aliphatic heterocycles. The number of halogens is 2. The Morgan fingerprint density at radius 1 is 1.11 bits per heavy atom. The maximum Gasteiger partial charge on any atom is 0.162 e. The lowest BCUT2D eigenvalue weighted by molar-refractivity contribution is 0.983. The highest BCUT2D eigenvalue weighted by Crippen LogP contribution is 2.30. The van der Waals surface area contributed by atoms with Crippen molar-refractivity contribution >= 4 is 37.7 Å². The van der Waals surface area contributed by atoms with Crippen molar-refractivity contribution in [3.8, 4) is 11.4 Å². The van der Waals surface area contributed by atoms with Crippen LogP contribution in [0.25, 0.3) is 11.4 Å². The van der Waals surface area contributed by atoms with Crippen LogP contribution in [0.5, 0.6) is 0 Å². The lowest BCUT2D eigenvalue weighted by Gasteiger charge is -2.12. The van der Waals surface area contributed by atoms with Crippen molar-refractivity contribution in [3.63, 3.8) is 0 Å². The van der Waals surface area contributed by atoms with Gasteiger partial charge in [0.15, 0.2) is 5.82 Å². The van der Waals surface area contributed by atoms with Crippen LogP contribution >= 0.6 is 31.9 Å². The average molecular weight is 385 g/mol. The second kappa shape index (κ2) is 6.48. The second-order valence-electron chi connectivity index (χ2n) is 4.02. The van der Waals surface area contributed by atoms with Crippen LogP contribution in [-0.4, -0.2) is 16.5 Å². The number of benzene rings is 1. The number of hydrogen-bond donors (Lipinski definition) is 1. The molecule has 0 amide bonds. The van der Waals surface area contributed by atoms with Crippen molar-refractivity contribution in [2.75, 3.05) is 11.9 Å². The maximum atomic E-state index is 4.64. The van der Waals surface area contributed by atoms with E-state index in [9.17, 15) is 0 Å². The van der Waals surface area contributed by atoms with E-state index in [1.54, 1.807) is 0 Å². The topological polar surface area (TPSA) is 37.8 Å². The van der Waals surface area contributed by atoms with E-state index in [1.165, 1.54) is 0 Å². The van der Waals surface area contributed by atoms with Crippen LogP contribution in [0.15, 0.2) is 33.2 Å². The van der Waals surface area contributed by atoms with Gasteiger partial charge in [-0.05, 0) is 35.3 Å². The Labute approximate surface area is 130 Å². The fourth-order valence-corrected chi connectivity index (χ4v) is 2.84. The summed E-state index contributed by atoms with van der Waals surface area (Å²) in [5, 5.41) is 3.27. The zero-order valence-corrected chi connectivity index (χ0v) is 14.0. The molecule has 2 aromatic rings. The fourth-order valence-electron chi connectivity index (χ4n) is 1.78. The minimum Gasteiger partial charge on any atom is -0.369 e. The largest absolute Gasteiger partial charge is 0.369 e. The number of nitrogens with zero attached hydrogens (tertiary/aromatic N) is 2. The number of rotatable bonds is 4. The van der Waals surface area contributed by atoms with Crippen LogP contribution in [-0.2, 0) is 6.42 Å². The quantitative estimate of drug-likeness (QED) is 0.832.